The molecule has 0 spiro atoms. The molecule has 0 aliphatic heterocycles. The summed E-state index contributed by atoms with van der Waals surface area (Å²) < 4.78 is 0. The second-order valence-electron chi connectivity index (χ2n) is 3.61. The van der Waals surface area contributed by atoms with Gasteiger partial charge in [0, 0.05) is 18.0 Å². The van der Waals surface area contributed by atoms with E-state index in [4.69, 9.17) is 5.11 Å². The summed E-state index contributed by atoms with van der Waals surface area (Å²) in [7, 11) is 0. The first kappa shape index (κ1) is 11.9. The Morgan fingerprint density at radius 1 is 1.06 bits per heavy atom. The third-order valence-corrected chi connectivity index (χ3v) is 2.32. The number of aromatic nitrogens is 2. The van der Waals surface area contributed by atoms with E-state index in [1.54, 1.807) is 12.1 Å². The largest absolute Gasteiger partial charge is 0.481 e. The minimum atomic E-state index is -1.18. The summed E-state index contributed by atoms with van der Waals surface area (Å²) >= 11 is 0. The number of Topliss-reactive ketones (excluding diaryl/α,β-unsaturated/α-hetero) is 1. The van der Waals surface area contributed by atoms with Crippen LogP contribution in [0.1, 0.15) is 16.9 Å². The van der Waals surface area contributed by atoms with E-state index in [9.17, 15) is 9.59 Å². The number of carbonyl (C=O) groups is 2. The number of aliphatic carboxylic acids is 1. The molecule has 1 aromatic carbocycles. The summed E-state index contributed by atoms with van der Waals surface area (Å²) in [4.78, 5) is 30.4. The van der Waals surface area contributed by atoms with Gasteiger partial charge in [0.15, 0.2) is 5.78 Å². The topological polar surface area (TPSA) is 80.1 Å². The molecular formula is C13H10N2O3. The molecule has 0 unspecified atom stereocenters. The lowest BCUT2D eigenvalue weighted by Crippen LogP contribution is -2.11. The van der Waals surface area contributed by atoms with Crippen LogP contribution in [0, 0.1) is 0 Å². The van der Waals surface area contributed by atoms with Gasteiger partial charge in [-0.15, -0.1) is 0 Å². The highest BCUT2D eigenvalue weighted by atomic mass is 16.4. The molecule has 0 saturated carbocycles. The van der Waals surface area contributed by atoms with E-state index in [-0.39, 0.29) is 5.69 Å². The van der Waals surface area contributed by atoms with Crippen LogP contribution in [-0.2, 0) is 4.79 Å². The lowest BCUT2D eigenvalue weighted by atomic mass is 10.1. The Morgan fingerprint density at radius 2 is 1.72 bits per heavy atom. The van der Waals surface area contributed by atoms with Crippen molar-refractivity contribution in [3.63, 3.8) is 0 Å². The van der Waals surface area contributed by atoms with Crippen molar-refractivity contribution in [2.45, 2.75) is 6.42 Å². The zero-order chi connectivity index (χ0) is 13.0. The van der Waals surface area contributed by atoms with Crippen molar-refractivity contribution in [1.82, 2.24) is 9.97 Å². The molecule has 0 amide bonds. The van der Waals surface area contributed by atoms with Crippen LogP contribution in [0.2, 0.25) is 0 Å². The molecule has 5 heteroatoms. The number of benzene rings is 1. The zero-order valence-corrected chi connectivity index (χ0v) is 9.41. The maximum Gasteiger partial charge on any atom is 0.311 e. The third-order valence-electron chi connectivity index (χ3n) is 2.32. The maximum atomic E-state index is 11.8. The first-order chi connectivity index (χ1) is 8.68. The summed E-state index contributed by atoms with van der Waals surface area (Å²) in [5.74, 6) is -1.72. The molecule has 0 saturated heterocycles. The molecule has 2 aromatic rings. The molecule has 2 rings (SSSR count). The van der Waals surface area contributed by atoms with E-state index >= 15 is 0 Å². The predicted octanol–water partition coefficient (Wildman–Crippen LogP) is 1.80. The molecule has 0 atom stereocenters. The smallest absolute Gasteiger partial charge is 0.311 e. The second kappa shape index (κ2) is 5.18. The van der Waals surface area contributed by atoms with Gasteiger partial charge in [-0.3, -0.25) is 14.6 Å². The summed E-state index contributed by atoms with van der Waals surface area (Å²) in [6, 6.07) is 9.06. The van der Waals surface area contributed by atoms with Crippen molar-refractivity contribution in [3.8, 4) is 11.3 Å². The van der Waals surface area contributed by atoms with Gasteiger partial charge in [0.25, 0.3) is 0 Å². The van der Waals surface area contributed by atoms with Crippen LogP contribution in [0.5, 0.6) is 0 Å². The van der Waals surface area contributed by atoms with Gasteiger partial charge in [0.1, 0.15) is 12.1 Å². The first-order valence-corrected chi connectivity index (χ1v) is 5.30. The highest BCUT2D eigenvalue weighted by Crippen LogP contribution is 2.20. The minimum Gasteiger partial charge on any atom is -0.481 e. The van der Waals surface area contributed by atoms with Gasteiger partial charge in [-0.05, 0) is 0 Å². The van der Waals surface area contributed by atoms with E-state index < -0.39 is 18.2 Å². The fourth-order valence-corrected chi connectivity index (χ4v) is 1.57. The van der Waals surface area contributed by atoms with Crippen LogP contribution in [0.15, 0.2) is 42.7 Å². The fourth-order valence-electron chi connectivity index (χ4n) is 1.57. The normalized spacial score (nSPS) is 10.0. The lowest BCUT2D eigenvalue weighted by Gasteiger charge is -2.05. The Bertz CT molecular complexity index is 582. The molecule has 0 aliphatic rings. The van der Waals surface area contributed by atoms with Crippen molar-refractivity contribution in [1.29, 1.82) is 0 Å². The monoisotopic (exact) mass is 242 g/mol. The Kier molecular flexibility index (Phi) is 3.43. The summed E-state index contributed by atoms with van der Waals surface area (Å²) in [5.41, 5.74) is 1.23. The summed E-state index contributed by atoms with van der Waals surface area (Å²) in [5, 5.41) is 8.64. The van der Waals surface area contributed by atoms with Gasteiger partial charge >= 0.3 is 5.97 Å². The van der Waals surface area contributed by atoms with Crippen molar-refractivity contribution in [3.05, 3.63) is 48.4 Å². The zero-order valence-electron chi connectivity index (χ0n) is 9.41. The van der Waals surface area contributed by atoms with Gasteiger partial charge in [-0.25, -0.2) is 4.98 Å². The summed E-state index contributed by atoms with van der Waals surface area (Å²) in [6.45, 7) is 0. The molecule has 1 N–H and O–H groups in total. The SMILES string of the molecule is O=C(O)CC(=O)c1nccnc1-c1ccccc1. The summed E-state index contributed by atoms with van der Waals surface area (Å²) in [6.07, 6.45) is 2.26. The highest BCUT2D eigenvalue weighted by Gasteiger charge is 2.17. The third kappa shape index (κ3) is 2.57. The standard InChI is InChI=1S/C13H10N2O3/c16-10(8-11(17)18)13-12(14-6-7-15-13)9-4-2-1-3-5-9/h1-7H,8H2,(H,17,18). The van der Waals surface area contributed by atoms with E-state index in [0.717, 1.165) is 5.56 Å². The Hall–Kier alpha value is -2.56. The minimum absolute atomic E-state index is 0.0890. The second-order valence-corrected chi connectivity index (χ2v) is 3.61. The number of hydrogen-bond acceptors (Lipinski definition) is 4. The van der Waals surface area contributed by atoms with Gasteiger partial charge < -0.3 is 5.11 Å². The molecule has 0 fully saturated rings. The van der Waals surface area contributed by atoms with Crippen LogP contribution in [0.4, 0.5) is 0 Å². The number of carbonyl (C=O) groups excluding carboxylic acids is 1. The van der Waals surface area contributed by atoms with E-state index in [1.165, 1.54) is 12.4 Å². The molecule has 90 valence electrons. The molecule has 1 aromatic heterocycles. The van der Waals surface area contributed by atoms with Gasteiger partial charge in [-0.1, -0.05) is 30.3 Å². The highest BCUT2D eigenvalue weighted by molar-refractivity contribution is 6.07. The maximum absolute atomic E-state index is 11.8. The Labute approximate surface area is 103 Å². The molecular weight excluding hydrogens is 232 g/mol. The Balaban J connectivity index is 2.44. The van der Waals surface area contributed by atoms with E-state index in [2.05, 4.69) is 9.97 Å². The van der Waals surface area contributed by atoms with E-state index in [0.29, 0.717) is 5.69 Å². The Morgan fingerprint density at radius 3 is 2.39 bits per heavy atom. The molecule has 0 aliphatic carbocycles. The first-order valence-electron chi connectivity index (χ1n) is 5.30. The van der Waals surface area contributed by atoms with Crippen LogP contribution in [0.3, 0.4) is 0 Å². The number of nitrogens with zero attached hydrogens (tertiary/aromatic N) is 2. The number of rotatable bonds is 4. The number of carboxylic acid groups (broad SMARTS) is 1. The lowest BCUT2D eigenvalue weighted by molar-refractivity contribution is -0.135. The quantitative estimate of drug-likeness (QED) is 0.653. The van der Waals surface area contributed by atoms with Crippen LogP contribution in [-0.4, -0.2) is 26.8 Å². The molecule has 0 bridgehead atoms. The van der Waals surface area contributed by atoms with E-state index in [1.807, 2.05) is 18.2 Å². The van der Waals surface area contributed by atoms with Crippen molar-refractivity contribution in [2.24, 2.45) is 0 Å². The van der Waals surface area contributed by atoms with Crippen molar-refractivity contribution >= 4 is 11.8 Å². The van der Waals surface area contributed by atoms with Gasteiger partial charge in [0.05, 0.1) is 5.69 Å². The van der Waals surface area contributed by atoms with Crippen molar-refractivity contribution in [2.75, 3.05) is 0 Å². The average molecular weight is 242 g/mol. The molecule has 0 radical (unpaired) electrons. The number of hydrogen-bond donors (Lipinski definition) is 1. The van der Waals surface area contributed by atoms with Crippen LogP contribution in [0.25, 0.3) is 11.3 Å². The molecule has 18 heavy (non-hydrogen) atoms. The number of carboxylic acids is 1. The number of ketones is 1. The van der Waals surface area contributed by atoms with Crippen molar-refractivity contribution < 1.29 is 14.7 Å². The van der Waals surface area contributed by atoms with Gasteiger partial charge in [-0.2, -0.15) is 0 Å². The fraction of sp³-hybridized carbons (Fsp3) is 0.0769. The van der Waals surface area contributed by atoms with Crippen LogP contribution < -0.4 is 0 Å². The molecule has 5 nitrogen and oxygen atoms in total. The predicted molar refractivity (Wildman–Crippen MR) is 64.1 cm³/mol. The van der Waals surface area contributed by atoms with Crippen LogP contribution >= 0.6 is 0 Å². The van der Waals surface area contributed by atoms with Gasteiger partial charge in [0.2, 0.25) is 0 Å². The average Bonchev–Trinajstić information content (AvgIpc) is 2.39. The molecule has 1 heterocycles.